The second-order valence-electron chi connectivity index (χ2n) is 9.55. The van der Waals surface area contributed by atoms with E-state index in [1.54, 1.807) is 42.5 Å². The van der Waals surface area contributed by atoms with Gasteiger partial charge in [0.1, 0.15) is 5.41 Å². The number of hydrogen-bond acceptors (Lipinski definition) is 4. The molecule has 1 spiro atoms. The van der Waals surface area contributed by atoms with Gasteiger partial charge in [0.05, 0.1) is 12.1 Å². The molecule has 0 amide bonds. The number of Topliss-reactive ketones (excluding diaryl/α,β-unsaturated/α-hetero) is 3. The summed E-state index contributed by atoms with van der Waals surface area (Å²) in [5.41, 5.74) is 2.61. The van der Waals surface area contributed by atoms with E-state index < -0.39 is 23.4 Å². The maximum Gasteiger partial charge on any atom is 0.180 e. The van der Waals surface area contributed by atoms with Crippen molar-refractivity contribution in [2.24, 2.45) is 5.41 Å². The minimum atomic E-state index is -1.53. The van der Waals surface area contributed by atoms with Gasteiger partial charge in [-0.2, -0.15) is 0 Å². The zero-order chi connectivity index (χ0) is 24.6. The van der Waals surface area contributed by atoms with Crippen molar-refractivity contribution in [1.29, 1.82) is 0 Å². The molecular formula is C29H21Cl2NO3. The number of nitrogens with zero attached hydrogens (tertiary/aromatic N) is 1. The van der Waals surface area contributed by atoms with Crippen molar-refractivity contribution < 1.29 is 14.4 Å². The first-order valence-corrected chi connectivity index (χ1v) is 12.2. The van der Waals surface area contributed by atoms with Crippen LogP contribution in [-0.4, -0.2) is 29.4 Å². The molecule has 1 fully saturated rings. The Morgan fingerprint density at radius 2 is 1.63 bits per heavy atom. The molecule has 0 N–H and O–H groups in total. The topological polar surface area (TPSA) is 54.5 Å². The van der Waals surface area contributed by atoms with E-state index in [4.69, 9.17) is 23.2 Å². The number of hydrogen-bond donors (Lipinski definition) is 0. The lowest BCUT2D eigenvalue weighted by Crippen LogP contribution is -2.48. The van der Waals surface area contributed by atoms with Crippen molar-refractivity contribution in [1.82, 2.24) is 0 Å². The Hall–Kier alpha value is -3.21. The minimum absolute atomic E-state index is 0.137. The second-order valence-corrected chi connectivity index (χ2v) is 10.4. The van der Waals surface area contributed by atoms with Gasteiger partial charge in [0.15, 0.2) is 17.3 Å². The van der Waals surface area contributed by atoms with E-state index in [9.17, 15) is 14.4 Å². The van der Waals surface area contributed by atoms with Crippen LogP contribution in [0, 0.1) is 12.3 Å². The van der Waals surface area contributed by atoms with Gasteiger partial charge in [-0.25, -0.2) is 0 Å². The fourth-order valence-electron chi connectivity index (χ4n) is 6.32. The molecule has 3 atom stereocenters. The molecule has 0 radical (unpaired) electrons. The summed E-state index contributed by atoms with van der Waals surface area (Å²) in [5, 5.41) is 0.772. The van der Waals surface area contributed by atoms with E-state index in [0.29, 0.717) is 26.7 Å². The van der Waals surface area contributed by atoms with Gasteiger partial charge in [-0.3, -0.25) is 14.4 Å². The summed E-state index contributed by atoms with van der Waals surface area (Å²) < 4.78 is 0. The lowest BCUT2D eigenvalue weighted by atomic mass is 9.64. The number of fused-ring (bicyclic) bond motifs is 5. The number of aryl methyl sites for hydroxylation is 1. The van der Waals surface area contributed by atoms with Crippen LogP contribution in [0.1, 0.15) is 50.2 Å². The number of ketones is 3. The average Bonchev–Trinajstić information content (AvgIpc) is 3.26. The van der Waals surface area contributed by atoms with Crippen LogP contribution in [0.5, 0.6) is 0 Å². The largest absolute Gasteiger partial charge is 0.352 e. The van der Waals surface area contributed by atoms with E-state index in [1.807, 2.05) is 42.2 Å². The molecule has 0 unspecified atom stereocenters. The van der Waals surface area contributed by atoms with Crippen molar-refractivity contribution >= 4 is 52.3 Å². The van der Waals surface area contributed by atoms with Gasteiger partial charge >= 0.3 is 0 Å². The van der Waals surface area contributed by atoms with Crippen LogP contribution in [0.3, 0.4) is 0 Å². The van der Waals surface area contributed by atoms with Crippen LogP contribution in [-0.2, 0) is 4.79 Å². The third kappa shape index (κ3) is 2.84. The summed E-state index contributed by atoms with van der Waals surface area (Å²) in [6.07, 6.45) is 3.85. The summed E-state index contributed by atoms with van der Waals surface area (Å²) in [6.45, 7) is 3.50. The average molecular weight is 502 g/mol. The van der Waals surface area contributed by atoms with Crippen LogP contribution in [0.15, 0.2) is 66.7 Å². The zero-order valence-electron chi connectivity index (χ0n) is 19.1. The first-order chi connectivity index (χ1) is 16.8. The third-order valence-corrected chi connectivity index (χ3v) is 8.24. The summed E-state index contributed by atoms with van der Waals surface area (Å²) in [7, 11) is 0. The number of carbonyl (C=O) groups excluding carboxylic acids is 3. The predicted molar refractivity (Wildman–Crippen MR) is 138 cm³/mol. The van der Waals surface area contributed by atoms with E-state index in [-0.39, 0.29) is 17.3 Å². The highest BCUT2D eigenvalue weighted by Gasteiger charge is 2.71. The zero-order valence-corrected chi connectivity index (χ0v) is 20.6. The normalized spacial score (nSPS) is 23.4. The SMILES string of the molecule is CC(=O)[C@@H]1[C@@H](c2ccc(Cl)cc2Cl)C2(C(=O)c3ccccc3C2=O)[C@H]2C=Cc3ccc(C)cc3N12. The van der Waals surface area contributed by atoms with Crippen LogP contribution < -0.4 is 4.90 Å². The second kappa shape index (κ2) is 7.64. The summed E-state index contributed by atoms with van der Waals surface area (Å²) >= 11 is 12.9. The molecule has 3 aromatic rings. The predicted octanol–water partition coefficient (Wildman–Crippen LogP) is 6.32. The Kier molecular flexibility index (Phi) is 4.86. The highest BCUT2D eigenvalue weighted by molar-refractivity contribution is 6.36. The van der Waals surface area contributed by atoms with Crippen molar-refractivity contribution in [3.05, 3.63) is 105 Å². The fourth-order valence-corrected chi connectivity index (χ4v) is 6.85. The van der Waals surface area contributed by atoms with Gasteiger partial charge in [0, 0.05) is 32.8 Å². The van der Waals surface area contributed by atoms with Crippen LogP contribution in [0.4, 0.5) is 5.69 Å². The molecule has 0 saturated carbocycles. The number of anilines is 1. The molecule has 2 heterocycles. The first-order valence-electron chi connectivity index (χ1n) is 11.5. The molecule has 1 aliphatic carbocycles. The Labute approximate surface area is 213 Å². The molecule has 1 saturated heterocycles. The lowest BCUT2D eigenvalue weighted by Gasteiger charge is -2.37. The van der Waals surface area contributed by atoms with Crippen molar-refractivity contribution in [3.8, 4) is 0 Å². The number of halogens is 2. The molecule has 174 valence electrons. The Bertz CT molecular complexity index is 1460. The van der Waals surface area contributed by atoms with E-state index >= 15 is 0 Å². The Morgan fingerprint density at radius 3 is 2.26 bits per heavy atom. The molecule has 0 aromatic heterocycles. The highest BCUT2D eigenvalue weighted by atomic mass is 35.5. The van der Waals surface area contributed by atoms with E-state index in [1.165, 1.54) is 6.92 Å². The van der Waals surface area contributed by atoms with E-state index in [0.717, 1.165) is 16.8 Å². The molecule has 4 nitrogen and oxygen atoms in total. The number of benzene rings is 3. The van der Waals surface area contributed by atoms with Crippen molar-refractivity contribution in [2.75, 3.05) is 4.90 Å². The van der Waals surface area contributed by atoms with Crippen LogP contribution >= 0.6 is 23.2 Å². The molecule has 3 aromatic carbocycles. The van der Waals surface area contributed by atoms with Gasteiger partial charge in [-0.1, -0.05) is 77.8 Å². The van der Waals surface area contributed by atoms with Crippen molar-refractivity contribution in [2.45, 2.75) is 31.8 Å². The third-order valence-electron chi connectivity index (χ3n) is 7.68. The summed E-state index contributed by atoms with van der Waals surface area (Å²) in [4.78, 5) is 44.1. The molecule has 0 bridgehead atoms. The smallest absolute Gasteiger partial charge is 0.180 e. The van der Waals surface area contributed by atoms with Crippen LogP contribution in [0.25, 0.3) is 6.08 Å². The standard InChI is InChI=1S/C29H21Cl2NO3/c1-15-7-8-17-9-12-24-29(27(34)19-5-3-4-6-20(19)28(29)35)25(21-11-10-18(30)14-22(21)31)26(16(2)33)32(24)23(17)13-15/h3-14,24-26H,1-2H3/t24-,25-,26-/m1/s1. The monoisotopic (exact) mass is 501 g/mol. The minimum Gasteiger partial charge on any atom is -0.352 e. The fraction of sp³-hybridized carbons (Fsp3) is 0.207. The Morgan fingerprint density at radius 1 is 0.943 bits per heavy atom. The maximum atomic E-state index is 14.3. The van der Waals surface area contributed by atoms with Gasteiger partial charge in [-0.05, 0) is 48.7 Å². The molecule has 2 aliphatic heterocycles. The van der Waals surface area contributed by atoms with Gasteiger partial charge in [-0.15, -0.1) is 0 Å². The lowest BCUT2D eigenvalue weighted by molar-refractivity contribution is -0.118. The maximum absolute atomic E-state index is 14.3. The van der Waals surface area contributed by atoms with E-state index in [2.05, 4.69) is 0 Å². The molecule has 3 aliphatic rings. The van der Waals surface area contributed by atoms with Gasteiger partial charge < -0.3 is 4.90 Å². The summed E-state index contributed by atoms with van der Waals surface area (Å²) in [5.74, 6) is -1.47. The molecule has 35 heavy (non-hydrogen) atoms. The van der Waals surface area contributed by atoms with Crippen molar-refractivity contribution in [3.63, 3.8) is 0 Å². The quantitative estimate of drug-likeness (QED) is 0.385. The number of rotatable bonds is 2. The Balaban J connectivity index is 1.71. The molecule has 6 rings (SSSR count). The first kappa shape index (κ1) is 22.3. The summed E-state index contributed by atoms with van der Waals surface area (Å²) in [6, 6.07) is 16.6. The molecular weight excluding hydrogens is 481 g/mol. The van der Waals surface area contributed by atoms with Gasteiger partial charge in [0.2, 0.25) is 0 Å². The van der Waals surface area contributed by atoms with Crippen LogP contribution in [0.2, 0.25) is 10.0 Å². The van der Waals surface area contributed by atoms with Gasteiger partial charge in [0.25, 0.3) is 0 Å². The molecule has 6 heteroatoms. The highest BCUT2D eigenvalue weighted by Crippen LogP contribution is 2.61. The number of carbonyl (C=O) groups is 3.